The van der Waals surface area contributed by atoms with Crippen LogP contribution in [-0.4, -0.2) is 136 Å². The van der Waals surface area contributed by atoms with Crippen LogP contribution >= 0.6 is 77.1 Å². The van der Waals surface area contributed by atoms with E-state index in [9.17, 15) is 37.8 Å². The number of ether oxygens (including phenoxy) is 2. The fourth-order valence-electron chi connectivity index (χ4n) is 5.76. The number of nitrogens with one attached hydrogen (secondary N) is 1. The number of aliphatic carboxylic acids is 1. The average Bonchev–Trinajstić information content (AvgIpc) is 3.60. The number of carbonyl (C=O) groups is 4. The van der Waals surface area contributed by atoms with Gasteiger partial charge in [-0.05, 0) is 78.6 Å². The van der Waals surface area contributed by atoms with E-state index in [1.54, 1.807) is 33.5 Å². The molecule has 0 spiro atoms. The second-order valence-corrected chi connectivity index (χ2v) is 22.7. The molecule has 0 radical (unpaired) electrons. The van der Waals surface area contributed by atoms with Crippen LogP contribution in [0.5, 0.6) is 0 Å². The van der Waals surface area contributed by atoms with E-state index >= 15 is 0 Å². The zero-order valence-corrected chi connectivity index (χ0v) is 46.8. The van der Waals surface area contributed by atoms with Crippen molar-refractivity contribution in [3.05, 3.63) is 92.1 Å². The lowest BCUT2D eigenvalue weighted by molar-refractivity contribution is -0.193. The maximum absolute atomic E-state index is 14.3. The van der Waals surface area contributed by atoms with Crippen LogP contribution in [0.2, 0.25) is 5.02 Å². The lowest BCUT2D eigenvalue weighted by Crippen LogP contribution is -2.43. The molecule has 2 atom stereocenters. The van der Waals surface area contributed by atoms with Gasteiger partial charge in [-0.2, -0.15) is 0 Å². The van der Waals surface area contributed by atoms with Crippen molar-refractivity contribution in [3.8, 4) is 0 Å². The van der Waals surface area contributed by atoms with E-state index in [4.69, 9.17) is 61.1 Å². The molecule has 2 amide bonds. The Morgan fingerprint density at radius 3 is 2.19 bits per heavy atom. The number of hydrogen-bond acceptors (Lipinski definition) is 13. The monoisotopic (exact) mass is 1140 g/mol. The molecule has 70 heavy (non-hydrogen) atoms. The van der Waals surface area contributed by atoms with Gasteiger partial charge in [0.1, 0.15) is 25.0 Å². The highest BCUT2D eigenvalue weighted by molar-refractivity contribution is 8.00. The van der Waals surface area contributed by atoms with E-state index in [-0.39, 0.29) is 45.1 Å². The van der Waals surface area contributed by atoms with Gasteiger partial charge < -0.3 is 38.7 Å². The number of benzene rings is 2. The first-order valence-electron chi connectivity index (χ1n) is 21.1. The Labute approximate surface area is 440 Å². The number of alkyl halides is 3. The zero-order valence-electron chi connectivity index (χ0n) is 40.5. The average molecular weight is 1140 g/mol. The number of nitrogens with zero attached hydrogens (tertiary/aromatic N) is 5. The molecule has 1 aromatic heterocycles. The lowest BCUT2D eigenvalue weighted by atomic mass is 10.0. The summed E-state index contributed by atoms with van der Waals surface area (Å²) in [6, 6.07) is 8.69. The second kappa shape index (κ2) is 35.9. The highest BCUT2D eigenvalue weighted by Crippen LogP contribution is 2.33. The molecule has 394 valence electrons. The predicted octanol–water partition coefficient (Wildman–Crippen LogP) is 6.61. The Morgan fingerprint density at radius 1 is 1.11 bits per heavy atom. The summed E-state index contributed by atoms with van der Waals surface area (Å²) in [4.78, 5) is 81.9. The number of rotatable bonds is 19. The van der Waals surface area contributed by atoms with Gasteiger partial charge in [0, 0.05) is 38.2 Å². The largest absolute Gasteiger partial charge is 0.778 e. The van der Waals surface area contributed by atoms with E-state index in [0.29, 0.717) is 53.4 Å². The molecule has 2 unspecified atom stereocenters. The summed E-state index contributed by atoms with van der Waals surface area (Å²) in [6.07, 6.45) is 11.9. The lowest BCUT2D eigenvalue weighted by Gasteiger charge is -2.31. The SMILES string of the molecule is C=CCN(CC=C)C(=O)C(Cl)Cl.CCc1cccc(C)c1N(C(=O)CCl)C(C)COC.COC(=O)CSc1cc(N=c2sc(=O)n3n2CCCC3)c(F)cc1Cl.C[S+](C)C.O=C(O)CNCP(=O)([O-])O. The smallest absolute Gasteiger partial charge is 0.325 e. The third kappa shape index (κ3) is 26.0. The summed E-state index contributed by atoms with van der Waals surface area (Å²) >= 11 is 24.7. The highest BCUT2D eigenvalue weighted by Gasteiger charge is 2.25. The summed E-state index contributed by atoms with van der Waals surface area (Å²) < 4.78 is 37.4. The van der Waals surface area contributed by atoms with Crippen LogP contribution in [-0.2, 0) is 63.6 Å². The van der Waals surface area contributed by atoms with Crippen molar-refractivity contribution >= 4 is 123 Å². The maximum atomic E-state index is 14.3. The molecule has 0 saturated heterocycles. The van der Waals surface area contributed by atoms with Gasteiger partial charge >= 0.3 is 16.8 Å². The van der Waals surface area contributed by atoms with E-state index in [1.165, 1.54) is 18.1 Å². The van der Waals surface area contributed by atoms with Crippen molar-refractivity contribution in [2.24, 2.45) is 4.99 Å². The molecule has 2 aromatic carbocycles. The molecule has 2 heterocycles. The number of amides is 2. The van der Waals surface area contributed by atoms with E-state index in [0.717, 1.165) is 65.2 Å². The number of hydrogen-bond donors (Lipinski definition) is 3. The first kappa shape index (κ1) is 66.8. The molecule has 0 aliphatic carbocycles. The number of carbonyl (C=O) groups excluding carboxylic acids is 3. The number of aryl methyl sites for hydroxylation is 2. The van der Waals surface area contributed by atoms with Crippen LogP contribution in [0.15, 0.2) is 70.3 Å². The van der Waals surface area contributed by atoms with Crippen LogP contribution in [0.1, 0.15) is 37.8 Å². The molecule has 3 aromatic rings. The predicted molar refractivity (Wildman–Crippen MR) is 283 cm³/mol. The molecular weight excluding hydrogens is 1080 g/mol. The molecule has 0 bridgehead atoms. The first-order valence-corrected chi connectivity index (χ1v) is 28.9. The Morgan fingerprint density at radius 2 is 1.70 bits per heavy atom. The van der Waals surface area contributed by atoms with E-state index < -0.39 is 43.0 Å². The van der Waals surface area contributed by atoms with Crippen LogP contribution in [0.3, 0.4) is 0 Å². The van der Waals surface area contributed by atoms with Gasteiger partial charge in [0.05, 0.1) is 67.8 Å². The van der Waals surface area contributed by atoms with Crippen molar-refractivity contribution in [1.29, 1.82) is 0 Å². The molecule has 0 fully saturated rings. The van der Waals surface area contributed by atoms with Crippen LogP contribution in [0.25, 0.3) is 0 Å². The van der Waals surface area contributed by atoms with Gasteiger partial charge in [-0.25, -0.2) is 14.1 Å². The number of carboxylic acids is 1. The number of halogens is 5. The Kier molecular flexibility index (Phi) is 34.2. The molecule has 26 heteroatoms. The van der Waals surface area contributed by atoms with Gasteiger partial charge in [-0.3, -0.25) is 34.0 Å². The zero-order chi connectivity index (χ0) is 53.7. The minimum absolute atomic E-state index is 0.0223. The number of methoxy groups -OCH3 is 2. The third-order valence-electron chi connectivity index (χ3n) is 8.64. The number of carboxylic acid groups (broad SMARTS) is 1. The fourth-order valence-corrected chi connectivity index (χ4v) is 8.55. The van der Waals surface area contributed by atoms with Gasteiger partial charge in [0.25, 0.3) is 5.91 Å². The molecule has 1 aliphatic heterocycles. The summed E-state index contributed by atoms with van der Waals surface area (Å²) in [5.41, 5.74) is 3.29. The fraction of sp³-hybridized carbons (Fsp3) is 0.500. The van der Waals surface area contributed by atoms with Crippen molar-refractivity contribution in [3.63, 3.8) is 0 Å². The molecule has 4 rings (SSSR count). The number of thioether (sulfide) groups is 1. The summed E-state index contributed by atoms with van der Waals surface area (Å²) in [5.74, 6) is -2.53. The van der Waals surface area contributed by atoms with Crippen molar-refractivity contribution in [2.45, 2.75) is 68.9 Å². The third-order valence-corrected chi connectivity index (χ3v) is 12.2. The molecule has 3 N–H and O–H groups in total. The quantitative estimate of drug-likeness (QED) is 0.0287. The second-order valence-electron chi connectivity index (χ2n) is 14.9. The normalized spacial score (nSPS) is 13.0. The molecule has 17 nitrogen and oxygen atoms in total. The van der Waals surface area contributed by atoms with Crippen molar-refractivity contribution in [1.82, 2.24) is 19.6 Å². The number of para-hydroxylation sites is 1. The number of esters is 1. The number of aromatic nitrogens is 2. The van der Waals surface area contributed by atoms with Crippen LogP contribution < -0.4 is 24.8 Å². The maximum Gasteiger partial charge on any atom is 0.325 e. The highest BCUT2D eigenvalue weighted by atomic mass is 35.5. The number of anilines is 1. The standard InChI is InChI=1S/C15H15ClFN3O3S2.C15H22ClNO2.C8H11Cl2NO.C3H8NO5P.C3H9S/c1-23-13(21)8-24-12-7-11(10(17)6-9(12)16)18-14-19-4-2-3-5-20(19)15(22)25-14;1-5-13-8-6-7-11(2)15(13)17(14(18)9-16)12(3)10-19-4;1-3-5-11(6-4-2)8(12)7(9)10;5-3(6)1-4-2-10(7,8)9;1-4(2)3/h6-7H,2-5,8H2,1H3;6-8,12H,5,9-10H2,1-4H3;3-4,7H,1-2,5-6H2;4H,1-2H2,(H,5,6)(H2,7,8,9);1-3H3/q;;;;+1/p-1. The van der Waals surface area contributed by atoms with Crippen molar-refractivity contribution in [2.75, 3.05) is 82.0 Å². The first-order chi connectivity index (χ1) is 32.8. The molecule has 0 saturated carbocycles. The van der Waals surface area contributed by atoms with Crippen LogP contribution in [0.4, 0.5) is 15.8 Å². The summed E-state index contributed by atoms with van der Waals surface area (Å²) in [5, 5.41) is 10.2. The van der Waals surface area contributed by atoms with Crippen LogP contribution in [0, 0.1) is 12.7 Å². The van der Waals surface area contributed by atoms with E-state index in [2.05, 4.69) is 54.6 Å². The molecule has 1 aliphatic rings. The van der Waals surface area contributed by atoms with Gasteiger partial charge in [0.15, 0.2) is 4.84 Å². The van der Waals surface area contributed by atoms with Gasteiger partial charge in [-0.15, -0.1) is 36.5 Å². The van der Waals surface area contributed by atoms with Gasteiger partial charge in [0.2, 0.25) is 10.7 Å². The van der Waals surface area contributed by atoms with Gasteiger partial charge in [-0.1, -0.05) is 72.1 Å². The minimum Gasteiger partial charge on any atom is -0.778 e. The Bertz CT molecular complexity index is 2320. The Hall–Kier alpha value is -3.18. The summed E-state index contributed by atoms with van der Waals surface area (Å²) in [6.45, 7) is 15.3. The summed E-state index contributed by atoms with van der Waals surface area (Å²) in [7, 11) is -0.773. The Balaban J connectivity index is 0.000000937. The van der Waals surface area contributed by atoms with E-state index in [1.807, 2.05) is 31.3 Å². The topological polar surface area (TPSA) is 225 Å². The minimum atomic E-state index is -4.35. The van der Waals surface area contributed by atoms with Crippen molar-refractivity contribution < 1.29 is 52.5 Å². The molecular formula is C44H64Cl4FN6O11PS3. The number of fused-ring (bicyclic) bond motifs is 1.